The van der Waals surface area contributed by atoms with Gasteiger partial charge in [-0.2, -0.15) is 0 Å². The summed E-state index contributed by atoms with van der Waals surface area (Å²) in [7, 11) is 0. The van der Waals surface area contributed by atoms with Gasteiger partial charge in [0.2, 0.25) is 0 Å². The molecule has 1 aromatic carbocycles. The van der Waals surface area contributed by atoms with E-state index >= 15 is 0 Å². The number of nitrogens with zero attached hydrogens (tertiary/aromatic N) is 1. The maximum Gasteiger partial charge on any atom is 0.150 e. The molecule has 13 heavy (non-hydrogen) atoms. The van der Waals surface area contributed by atoms with Gasteiger partial charge in [0.15, 0.2) is 0 Å². The summed E-state index contributed by atoms with van der Waals surface area (Å²) >= 11 is 0. The molecule has 1 saturated heterocycles. The molecule has 0 atom stereocenters. The average Bonchev–Trinajstić information content (AvgIpc) is 2.61. The van der Waals surface area contributed by atoms with Gasteiger partial charge in [-0.1, -0.05) is 18.2 Å². The summed E-state index contributed by atoms with van der Waals surface area (Å²) < 4.78 is 0. The first-order valence-electron chi connectivity index (χ1n) is 4.85. The highest BCUT2D eigenvalue weighted by molar-refractivity contribution is 5.31. The first-order chi connectivity index (χ1) is 6.36. The van der Waals surface area contributed by atoms with Crippen LogP contribution in [0.2, 0.25) is 0 Å². The summed E-state index contributed by atoms with van der Waals surface area (Å²) in [5.41, 5.74) is 1.20. The van der Waals surface area contributed by atoms with Crippen LogP contribution in [0.5, 0.6) is 5.75 Å². The van der Waals surface area contributed by atoms with Crippen molar-refractivity contribution in [3.8, 4) is 5.75 Å². The standard InChI is InChI=1S/C11H15NO/c1-10-6-2-3-7-11(10)13-12-8-4-5-9-12/h2-3,6-7H,4-5,8-9H2,1H3. The minimum atomic E-state index is 0.990. The number of hydrogen-bond acceptors (Lipinski definition) is 2. The molecule has 2 heteroatoms. The average molecular weight is 177 g/mol. The molecule has 0 N–H and O–H groups in total. The Hall–Kier alpha value is -1.02. The van der Waals surface area contributed by atoms with Crippen molar-refractivity contribution in [2.45, 2.75) is 19.8 Å². The lowest BCUT2D eigenvalue weighted by Gasteiger charge is -2.17. The second-order valence-electron chi connectivity index (χ2n) is 3.49. The number of aryl methyl sites for hydroxylation is 1. The van der Waals surface area contributed by atoms with Crippen LogP contribution in [-0.2, 0) is 0 Å². The first-order valence-corrected chi connectivity index (χ1v) is 4.85. The van der Waals surface area contributed by atoms with Crippen molar-refractivity contribution in [3.05, 3.63) is 29.8 Å². The van der Waals surface area contributed by atoms with Crippen molar-refractivity contribution < 1.29 is 4.84 Å². The lowest BCUT2D eigenvalue weighted by Crippen LogP contribution is -2.23. The Morgan fingerprint density at radius 2 is 1.85 bits per heavy atom. The highest BCUT2D eigenvalue weighted by Crippen LogP contribution is 2.19. The van der Waals surface area contributed by atoms with E-state index < -0.39 is 0 Å². The highest BCUT2D eigenvalue weighted by atomic mass is 16.7. The second-order valence-corrected chi connectivity index (χ2v) is 3.49. The zero-order valence-corrected chi connectivity index (χ0v) is 7.99. The predicted octanol–water partition coefficient (Wildman–Crippen LogP) is 2.38. The van der Waals surface area contributed by atoms with Gasteiger partial charge in [-0.15, -0.1) is 5.06 Å². The maximum atomic E-state index is 5.74. The second kappa shape index (κ2) is 3.79. The van der Waals surface area contributed by atoms with Crippen molar-refractivity contribution in [1.29, 1.82) is 0 Å². The number of hydrogen-bond donors (Lipinski definition) is 0. The number of para-hydroxylation sites is 1. The molecule has 0 spiro atoms. The van der Waals surface area contributed by atoms with Crippen molar-refractivity contribution in [2.75, 3.05) is 13.1 Å². The fourth-order valence-electron chi connectivity index (χ4n) is 1.58. The Kier molecular flexibility index (Phi) is 2.50. The quantitative estimate of drug-likeness (QED) is 0.687. The fourth-order valence-corrected chi connectivity index (χ4v) is 1.58. The molecule has 1 heterocycles. The zero-order chi connectivity index (χ0) is 9.10. The van der Waals surface area contributed by atoms with Crippen LogP contribution in [0.15, 0.2) is 24.3 Å². The predicted molar refractivity (Wildman–Crippen MR) is 52.6 cm³/mol. The van der Waals surface area contributed by atoms with Gasteiger partial charge >= 0.3 is 0 Å². The molecule has 0 radical (unpaired) electrons. The Morgan fingerprint density at radius 3 is 2.54 bits per heavy atom. The summed E-state index contributed by atoms with van der Waals surface area (Å²) in [6.45, 7) is 4.20. The van der Waals surface area contributed by atoms with Crippen molar-refractivity contribution in [2.24, 2.45) is 0 Å². The highest BCUT2D eigenvalue weighted by Gasteiger charge is 2.13. The van der Waals surface area contributed by atoms with E-state index in [1.54, 1.807) is 0 Å². The summed E-state index contributed by atoms with van der Waals surface area (Å²) in [5, 5.41) is 2.04. The zero-order valence-electron chi connectivity index (χ0n) is 7.99. The van der Waals surface area contributed by atoms with Crippen LogP contribution in [0.25, 0.3) is 0 Å². The molecular formula is C11H15NO. The largest absolute Gasteiger partial charge is 0.406 e. The van der Waals surface area contributed by atoms with Gasteiger partial charge in [-0.25, -0.2) is 0 Å². The maximum absolute atomic E-state index is 5.74. The molecule has 1 fully saturated rings. The van der Waals surface area contributed by atoms with Gasteiger partial charge in [0.05, 0.1) is 0 Å². The normalized spacial score (nSPS) is 17.6. The molecular weight excluding hydrogens is 162 g/mol. The van der Waals surface area contributed by atoms with Crippen LogP contribution in [0, 0.1) is 6.92 Å². The number of hydroxylamine groups is 2. The van der Waals surface area contributed by atoms with E-state index in [4.69, 9.17) is 4.84 Å². The summed E-state index contributed by atoms with van der Waals surface area (Å²) in [4.78, 5) is 5.74. The van der Waals surface area contributed by atoms with Crippen LogP contribution in [-0.4, -0.2) is 18.2 Å². The summed E-state index contributed by atoms with van der Waals surface area (Å²) in [6.07, 6.45) is 2.51. The Bertz CT molecular complexity index is 279. The summed E-state index contributed by atoms with van der Waals surface area (Å²) in [5.74, 6) is 0.990. The topological polar surface area (TPSA) is 12.5 Å². The Labute approximate surface area is 79.1 Å². The Morgan fingerprint density at radius 1 is 1.15 bits per heavy atom. The molecule has 1 aliphatic rings. The molecule has 1 aromatic rings. The molecule has 1 aliphatic heterocycles. The minimum absolute atomic E-state index is 0.990. The van der Waals surface area contributed by atoms with Gasteiger partial charge < -0.3 is 4.84 Å². The minimum Gasteiger partial charge on any atom is -0.406 e. The van der Waals surface area contributed by atoms with Gasteiger partial charge in [0.1, 0.15) is 5.75 Å². The van der Waals surface area contributed by atoms with E-state index in [2.05, 4.69) is 13.0 Å². The molecule has 0 amide bonds. The van der Waals surface area contributed by atoms with Gasteiger partial charge in [0.25, 0.3) is 0 Å². The van der Waals surface area contributed by atoms with Gasteiger partial charge in [-0.3, -0.25) is 0 Å². The van der Waals surface area contributed by atoms with Crippen molar-refractivity contribution in [3.63, 3.8) is 0 Å². The van der Waals surface area contributed by atoms with Crippen LogP contribution >= 0.6 is 0 Å². The monoisotopic (exact) mass is 177 g/mol. The molecule has 2 rings (SSSR count). The molecule has 0 saturated carbocycles. The molecule has 70 valence electrons. The number of rotatable bonds is 2. The summed E-state index contributed by atoms with van der Waals surface area (Å²) in [6, 6.07) is 8.14. The first kappa shape index (κ1) is 8.57. The SMILES string of the molecule is Cc1ccccc1ON1CCCC1. The fraction of sp³-hybridized carbons (Fsp3) is 0.455. The van der Waals surface area contributed by atoms with Crippen molar-refractivity contribution in [1.82, 2.24) is 5.06 Å². The van der Waals surface area contributed by atoms with Crippen molar-refractivity contribution >= 4 is 0 Å². The third-order valence-corrected chi connectivity index (χ3v) is 2.39. The smallest absolute Gasteiger partial charge is 0.150 e. The molecule has 0 aliphatic carbocycles. The third-order valence-electron chi connectivity index (χ3n) is 2.39. The number of benzene rings is 1. The third kappa shape index (κ3) is 2.01. The molecule has 0 unspecified atom stereocenters. The van der Waals surface area contributed by atoms with Crippen LogP contribution < -0.4 is 4.84 Å². The van der Waals surface area contributed by atoms with E-state index in [1.165, 1.54) is 18.4 Å². The lowest BCUT2D eigenvalue weighted by atomic mass is 10.2. The van der Waals surface area contributed by atoms with E-state index in [1.807, 2.05) is 23.3 Å². The van der Waals surface area contributed by atoms with E-state index in [0.29, 0.717) is 0 Å². The van der Waals surface area contributed by atoms with Gasteiger partial charge in [-0.05, 0) is 31.4 Å². The molecule has 2 nitrogen and oxygen atoms in total. The van der Waals surface area contributed by atoms with Crippen LogP contribution in [0.1, 0.15) is 18.4 Å². The molecule has 0 aromatic heterocycles. The van der Waals surface area contributed by atoms with Crippen LogP contribution in [0.3, 0.4) is 0 Å². The Balaban J connectivity index is 2.04. The molecule has 0 bridgehead atoms. The van der Waals surface area contributed by atoms with Gasteiger partial charge in [0, 0.05) is 13.1 Å². The van der Waals surface area contributed by atoms with Crippen LogP contribution in [0.4, 0.5) is 0 Å². The lowest BCUT2D eigenvalue weighted by molar-refractivity contribution is -0.0353. The van der Waals surface area contributed by atoms with E-state index in [9.17, 15) is 0 Å². The van der Waals surface area contributed by atoms with E-state index in [-0.39, 0.29) is 0 Å². The van der Waals surface area contributed by atoms with E-state index in [0.717, 1.165) is 18.8 Å².